The predicted molar refractivity (Wildman–Crippen MR) is 94.2 cm³/mol. The van der Waals surface area contributed by atoms with Gasteiger partial charge in [0.15, 0.2) is 0 Å². The summed E-state index contributed by atoms with van der Waals surface area (Å²) in [7, 11) is 0. The highest BCUT2D eigenvalue weighted by Crippen LogP contribution is 2.25. The highest BCUT2D eigenvalue weighted by atomic mass is 79.9. The van der Waals surface area contributed by atoms with Gasteiger partial charge in [0.05, 0.1) is 0 Å². The minimum Gasteiger partial charge on any atom is -0.126 e. The van der Waals surface area contributed by atoms with Crippen molar-refractivity contribution in [1.82, 2.24) is 0 Å². The third-order valence-electron chi connectivity index (χ3n) is 3.22. The molecule has 0 radical (unpaired) electrons. The van der Waals surface area contributed by atoms with Gasteiger partial charge < -0.3 is 0 Å². The first kappa shape index (κ1) is 15.9. The zero-order valence-corrected chi connectivity index (χ0v) is 14.4. The van der Waals surface area contributed by atoms with Crippen molar-refractivity contribution in [2.45, 2.75) is 17.7 Å². The lowest BCUT2D eigenvalue weighted by Gasteiger charge is -2.14. The summed E-state index contributed by atoms with van der Waals surface area (Å²) in [6.45, 7) is 0. The number of hydrogen-bond acceptors (Lipinski definition) is 1. The normalized spacial score (nSPS) is 12.3. The van der Waals surface area contributed by atoms with Crippen LogP contribution in [0.25, 0.3) is 0 Å². The van der Waals surface area contributed by atoms with Crippen molar-refractivity contribution >= 4 is 39.3 Å². The standard InChI is InChI=1S/C17H18BrClS/c18-13-14(12-15-6-4-5-9-17(15)19)10-11-20-16-7-2-1-3-8-16/h1-9,14H,10-13H2. The van der Waals surface area contributed by atoms with E-state index in [1.165, 1.54) is 16.9 Å². The molecule has 0 heterocycles. The number of hydrogen-bond donors (Lipinski definition) is 0. The van der Waals surface area contributed by atoms with Crippen LogP contribution in [-0.4, -0.2) is 11.1 Å². The predicted octanol–water partition coefficient (Wildman–Crippen LogP) is 6.08. The molecule has 0 fully saturated rings. The Kier molecular flexibility index (Phi) is 6.98. The molecule has 0 amide bonds. The number of halogens is 2. The first-order chi connectivity index (χ1) is 9.79. The van der Waals surface area contributed by atoms with E-state index in [1.54, 1.807) is 0 Å². The van der Waals surface area contributed by atoms with Crippen LogP contribution < -0.4 is 0 Å². The van der Waals surface area contributed by atoms with Gasteiger partial charge in [-0.2, -0.15) is 0 Å². The number of benzene rings is 2. The molecular weight excluding hydrogens is 352 g/mol. The van der Waals surface area contributed by atoms with Crippen LogP contribution in [0, 0.1) is 5.92 Å². The molecule has 2 aromatic carbocycles. The molecule has 0 nitrogen and oxygen atoms in total. The molecule has 0 N–H and O–H groups in total. The second-order valence-corrected chi connectivity index (χ2v) is 6.99. The third kappa shape index (κ3) is 5.16. The zero-order valence-electron chi connectivity index (χ0n) is 11.3. The van der Waals surface area contributed by atoms with Crippen LogP contribution >= 0.6 is 39.3 Å². The summed E-state index contributed by atoms with van der Waals surface area (Å²) in [5, 5.41) is 1.90. The maximum absolute atomic E-state index is 6.23. The SMILES string of the molecule is Clc1ccccc1CC(CBr)CCSc1ccccc1. The van der Waals surface area contributed by atoms with Gasteiger partial charge in [0.25, 0.3) is 0 Å². The quantitative estimate of drug-likeness (QED) is 0.421. The topological polar surface area (TPSA) is 0 Å². The van der Waals surface area contributed by atoms with E-state index in [0.29, 0.717) is 5.92 Å². The molecule has 2 rings (SSSR count). The summed E-state index contributed by atoms with van der Waals surface area (Å²) in [5.41, 5.74) is 1.25. The molecule has 0 saturated heterocycles. The molecule has 3 heteroatoms. The summed E-state index contributed by atoms with van der Waals surface area (Å²) in [5.74, 6) is 1.77. The highest BCUT2D eigenvalue weighted by Gasteiger charge is 2.10. The van der Waals surface area contributed by atoms with Gasteiger partial charge in [0.2, 0.25) is 0 Å². The van der Waals surface area contributed by atoms with Crippen molar-refractivity contribution in [2.75, 3.05) is 11.1 Å². The molecule has 20 heavy (non-hydrogen) atoms. The van der Waals surface area contributed by atoms with Crippen LogP contribution in [0.15, 0.2) is 59.5 Å². The lowest BCUT2D eigenvalue weighted by molar-refractivity contribution is 0.579. The lowest BCUT2D eigenvalue weighted by Crippen LogP contribution is -2.08. The van der Waals surface area contributed by atoms with E-state index < -0.39 is 0 Å². The molecule has 0 saturated carbocycles. The first-order valence-corrected chi connectivity index (χ1v) is 9.25. The van der Waals surface area contributed by atoms with E-state index in [0.717, 1.165) is 22.5 Å². The molecule has 2 aromatic rings. The number of thioether (sulfide) groups is 1. The fraction of sp³-hybridized carbons (Fsp3) is 0.294. The Bertz CT molecular complexity index is 515. The molecule has 0 aliphatic carbocycles. The summed E-state index contributed by atoms with van der Waals surface area (Å²) in [4.78, 5) is 1.35. The summed E-state index contributed by atoms with van der Waals surface area (Å²) in [6, 6.07) is 18.7. The second kappa shape index (κ2) is 8.76. The molecule has 106 valence electrons. The van der Waals surface area contributed by atoms with Crippen molar-refractivity contribution < 1.29 is 0 Å². The Hall–Kier alpha value is -0.440. The highest BCUT2D eigenvalue weighted by molar-refractivity contribution is 9.09. The third-order valence-corrected chi connectivity index (χ3v) is 5.55. The molecule has 1 atom stereocenters. The Morgan fingerprint density at radius 2 is 1.70 bits per heavy atom. The molecule has 0 aliphatic rings. The van der Waals surface area contributed by atoms with E-state index in [1.807, 2.05) is 23.9 Å². The van der Waals surface area contributed by atoms with Gasteiger partial charge in [-0.3, -0.25) is 0 Å². The second-order valence-electron chi connectivity index (χ2n) is 4.77. The molecular formula is C17H18BrClS. The van der Waals surface area contributed by atoms with Crippen LogP contribution in [0.3, 0.4) is 0 Å². The van der Waals surface area contributed by atoms with Crippen molar-refractivity contribution in [3.8, 4) is 0 Å². The van der Waals surface area contributed by atoms with Crippen LogP contribution in [0.5, 0.6) is 0 Å². The van der Waals surface area contributed by atoms with Crippen LogP contribution in [0.2, 0.25) is 5.02 Å². The van der Waals surface area contributed by atoms with Gasteiger partial charge in [0.1, 0.15) is 0 Å². The zero-order chi connectivity index (χ0) is 14.2. The van der Waals surface area contributed by atoms with Crippen molar-refractivity contribution in [2.24, 2.45) is 5.92 Å². The van der Waals surface area contributed by atoms with E-state index in [-0.39, 0.29) is 0 Å². The maximum atomic E-state index is 6.23. The van der Waals surface area contributed by atoms with Crippen LogP contribution in [-0.2, 0) is 6.42 Å². The summed E-state index contributed by atoms with van der Waals surface area (Å²) in [6.07, 6.45) is 2.23. The molecule has 0 spiro atoms. The largest absolute Gasteiger partial charge is 0.126 e. The Morgan fingerprint density at radius 3 is 2.40 bits per heavy atom. The smallest absolute Gasteiger partial charge is 0.0438 e. The van der Waals surface area contributed by atoms with Crippen molar-refractivity contribution in [3.63, 3.8) is 0 Å². The van der Waals surface area contributed by atoms with Gasteiger partial charge >= 0.3 is 0 Å². The lowest BCUT2D eigenvalue weighted by atomic mass is 9.99. The fourth-order valence-electron chi connectivity index (χ4n) is 2.07. The number of rotatable bonds is 7. The van der Waals surface area contributed by atoms with E-state index in [4.69, 9.17) is 11.6 Å². The van der Waals surface area contributed by atoms with Crippen LogP contribution in [0.1, 0.15) is 12.0 Å². The minimum absolute atomic E-state index is 0.631. The van der Waals surface area contributed by atoms with Gasteiger partial charge in [-0.1, -0.05) is 63.9 Å². The Balaban J connectivity index is 1.82. The van der Waals surface area contributed by atoms with Crippen LogP contribution in [0.4, 0.5) is 0 Å². The molecule has 0 bridgehead atoms. The molecule has 0 aromatic heterocycles. The van der Waals surface area contributed by atoms with Crippen molar-refractivity contribution in [3.05, 3.63) is 65.2 Å². The summed E-state index contributed by atoms with van der Waals surface area (Å²) >= 11 is 11.8. The molecule has 1 unspecified atom stereocenters. The average molecular weight is 370 g/mol. The summed E-state index contributed by atoms with van der Waals surface area (Å²) < 4.78 is 0. The van der Waals surface area contributed by atoms with Gasteiger partial charge in [-0.25, -0.2) is 0 Å². The average Bonchev–Trinajstić information content (AvgIpc) is 2.49. The van der Waals surface area contributed by atoms with Gasteiger partial charge in [0, 0.05) is 15.2 Å². The monoisotopic (exact) mass is 368 g/mol. The Labute approximate surface area is 139 Å². The van der Waals surface area contributed by atoms with E-state index >= 15 is 0 Å². The van der Waals surface area contributed by atoms with E-state index in [9.17, 15) is 0 Å². The van der Waals surface area contributed by atoms with Gasteiger partial charge in [-0.15, -0.1) is 11.8 Å². The number of alkyl halides is 1. The fourth-order valence-corrected chi connectivity index (χ4v) is 3.87. The molecule has 0 aliphatic heterocycles. The van der Waals surface area contributed by atoms with Gasteiger partial charge in [-0.05, 0) is 48.3 Å². The minimum atomic E-state index is 0.631. The first-order valence-electron chi connectivity index (χ1n) is 6.77. The van der Waals surface area contributed by atoms with Crippen molar-refractivity contribution in [1.29, 1.82) is 0 Å². The Morgan fingerprint density at radius 1 is 1.00 bits per heavy atom. The maximum Gasteiger partial charge on any atom is 0.0438 e. The van der Waals surface area contributed by atoms with E-state index in [2.05, 4.69) is 58.4 Å².